The van der Waals surface area contributed by atoms with Crippen LogP contribution in [0, 0.1) is 34.3 Å². The number of aliphatic hydroxyl groups is 1. The monoisotopic (exact) mass is 1320 g/mol. The van der Waals surface area contributed by atoms with Crippen LogP contribution in [0.4, 0.5) is 65.4 Å². The Kier molecular flexibility index (Phi) is 20.1. The number of ether oxygens (including phenoxy) is 4. The fourth-order valence-electron chi connectivity index (χ4n) is 12.8. The number of anilines is 2. The highest BCUT2D eigenvalue weighted by atomic mass is 19.4. The van der Waals surface area contributed by atoms with Crippen molar-refractivity contribution >= 4 is 35.9 Å². The number of carbonyl (C=O) groups excluding carboxylic acids is 4. The van der Waals surface area contributed by atoms with Gasteiger partial charge in [-0.05, 0) is 102 Å². The maximum Gasteiger partial charge on any atom is 0.407 e. The highest BCUT2D eigenvalue weighted by Crippen LogP contribution is 2.43. The minimum atomic E-state index is -5.25. The van der Waals surface area contributed by atoms with Crippen molar-refractivity contribution in [1.82, 2.24) is 60.9 Å². The first-order valence-corrected chi connectivity index (χ1v) is 30.2. The number of fused-ring (bicyclic) bond motifs is 4. The molecule has 0 aliphatic carbocycles. The molecular weight excluding hydrogens is 1250 g/mol. The van der Waals surface area contributed by atoms with E-state index in [4.69, 9.17) is 24.4 Å². The molecule has 2 aromatic heterocycles. The Bertz CT molecular complexity index is 3320. The van der Waals surface area contributed by atoms with Gasteiger partial charge in [0.1, 0.15) is 23.7 Å². The van der Waals surface area contributed by atoms with E-state index in [0.717, 1.165) is 52.2 Å². The van der Waals surface area contributed by atoms with Gasteiger partial charge in [-0.3, -0.25) is 24.8 Å². The number of alkyl halides is 8. The van der Waals surface area contributed by atoms with E-state index in [1.54, 1.807) is 17.4 Å². The van der Waals surface area contributed by atoms with Crippen molar-refractivity contribution in [3.05, 3.63) is 82.8 Å². The van der Waals surface area contributed by atoms with Crippen molar-refractivity contribution in [3.8, 4) is 23.1 Å². The number of rotatable bonds is 21. The first-order valence-electron chi connectivity index (χ1n) is 30.2. The van der Waals surface area contributed by atoms with Crippen LogP contribution in [-0.2, 0) is 41.5 Å². The molecule has 0 radical (unpaired) electrons. The average molecular weight is 1320 g/mol. The lowest BCUT2D eigenvalue weighted by Gasteiger charge is -2.48. The van der Waals surface area contributed by atoms with E-state index >= 15 is 8.78 Å². The minimum absolute atomic E-state index is 0.189. The summed E-state index contributed by atoms with van der Waals surface area (Å²) in [6.45, 7) is 2.40. The standard InChI is InChI=1S/C60H72F10N14O9/c1-57(2,59(65,66)67)48(74-55(88)90-5)50(86)71-45(46(85)27-81(78-51(87)49(75-56(89)91-6)58(3,4)60(68,69)70)26-41-42(61)20-34(21-43(41)62)44-17-18-82(77-44)52(63)64)19-33-9-7-32(8-10-33)11-16-47-72-53(79-22-35-12-13-36(23-79)83(35)39-28-92-29-39)76-54(73-47)80-24-37-14-15-38(25-80)84(37)40-30-93-31-40/h7-10,17-18,20-21,35-40,45-46,48-49,52,85H,12-15,19,22-31H2,1-6H3,(H,71,86)(H,74,88)(H,75,89)(H,78,87)/t35-,36+,37?,38?,45-,46-,48+,49+/m0/s1. The fourth-order valence-corrected chi connectivity index (χ4v) is 12.8. The summed E-state index contributed by atoms with van der Waals surface area (Å²) in [6.07, 6.45) is -11.2. The van der Waals surface area contributed by atoms with Crippen LogP contribution in [0.3, 0.4) is 0 Å². The molecule has 4 bridgehead atoms. The van der Waals surface area contributed by atoms with Gasteiger partial charge in [0.25, 0.3) is 5.91 Å². The lowest BCUT2D eigenvalue weighted by Crippen LogP contribution is -2.63. The summed E-state index contributed by atoms with van der Waals surface area (Å²) < 4.78 is 168. The van der Waals surface area contributed by atoms with Gasteiger partial charge in [0.15, 0.2) is 0 Å². The molecule has 8 atom stereocenters. The summed E-state index contributed by atoms with van der Waals surface area (Å²) in [5.74, 6) is 1.25. The normalized spacial score (nSPS) is 21.9. The highest BCUT2D eigenvalue weighted by molar-refractivity contribution is 5.87. The highest BCUT2D eigenvalue weighted by Gasteiger charge is 2.58. The third kappa shape index (κ3) is 14.8. The van der Waals surface area contributed by atoms with Gasteiger partial charge in [-0.1, -0.05) is 18.1 Å². The number of benzene rings is 2. The van der Waals surface area contributed by atoms with E-state index in [2.05, 4.69) is 56.8 Å². The number of hydrogen-bond donors (Lipinski definition) is 5. The third-order valence-corrected chi connectivity index (χ3v) is 18.5. The Labute approximate surface area is 528 Å². The van der Waals surface area contributed by atoms with Crippen LogP contribution in [0.5, 0.6) is 0 Å². The molecule has 23 nitrogen and oxygen atoms in total. The van der Waals surface area contributed by atoms with E-state index < -0.39 is 115 Å². The Hall–Kier alpha value is -7.64. The first kappa shape index (κ1) is 68.2. The molecule has 2 aromatic carbocycles. The zero-order chi connectivity index (χ0) is 67.1. The van der Waals surface area contributed by atoms with Crippen LogP contribution in [-0.4, -0.2) is 215 Å². The average Bonchev–Trinajstić information content (AvgIpc) is 1.73. The molecule has 4 amide bonds. The number of nitrogens with one attached hydrogen (secondary N) is 4. The van der Waals surface area contributed by atoms with E-state index in [-0.39, 0.29) is 51.5 Å². The lowest BCUT2D eigenvalue weighted by molar-refractivity contribution is -0.221. The minimum Gasteiger partial charge on any atom is -0.453 e. The van der Waals surface area contributed by atoms with Crippen molar-refractivity contribution in [2.75, 3.05) is 83.2 Å². The molecule has 6 aliphatic heterocycles. The van der Waals surface area contributed by atoms with Crippen LogP contribution in [0.1, 0.15) is 82.4 Å². The lowest BCUT2D eigenvalue weighted by atomic mass is 9.82. The number of aromatic nitrogens is 5. The Morgan fingerprint density at radius 1 is 0.677 bits per heavy atom. The number of hydrogen-bond acceptors (Lipinski definition) is 18. The quantitative estimate of drug-likeness (QED) is 0.0395. The van der Waals surface area contributed by atoms with Crippen LogP contribution in [0.25, 0.3) is 11.3 Å². The van der Waals surface area contributed by atoms with Gasteiger partial charge >= 0.3 is 31.1 Å². The molecule has 6 aliphatic rings. The van der Waals surface area contributed by atoms with E-state index in [1.807, 2.05) is 5.32 Å². The van der Waals surface area contributed by atoms with E-state index in [0.29, 0.717) is 127 Å². The summed E-state index contributed by atoms with van der Waals surface area (Å²) in [5, 5.41) is 22.4. The Morgan fingerprint density at radius 3 is 1.57 bits per heavy atom. The smallest absolute Gasteiger partial charge is 0.407 e. The maximum absolute atomic E-state index is 16.2. The molecular formula is C60H72F10N14O9. The van der Waals surface area contributed by atoms with Gasteiger partial charge in [-0.2, -0.15) is 55.2 Å². The second-order valence-corrected chi connectivity index (χ2v) is 25.3. The fraction of sp³-hybridized carbons (Fsp3) is 0.600. The number of nitrogens with zero attached hydrogens (tertiary/aromatic N) is 10. The molecule has 8 heterocycles. The maximum atomic E-state index is 16.2. The number of aliphatic hydroxyl groups excluding tert-OH is 1. The van der Waals surface area contributed by atoms with Crippen LogP contribution < -0.4 is 31.2 Å². The Balaban J connectivity index is 0.962. The molecule has 0 spiro atoms. The number of amides is 4. The summed E-state index contributed by atoms with van der Waals surface area (Å²) in [5.41, 5.74) is -5.12. The number of hydrazine groups is 1. The van der Waals surface area contributed by atoms with Crippen molar-refractivity contribution in [3.63, 3.8) is 0 Å². The summed E-state index contributed by atoms with van der Waals surface area (Å²) in [4.78, 5) is 77.9. The number of alkyl carbamates (subject to hydrolysis) is 2. The van der Waals surface area contributed by atoms with Crippen LogP contribution in [0.15, 0.2) is 48.7 Å². The molecule has 6 fully saturated rings. The number of piperazine rings is 2. The van der Waals surface area contributed by atoms with Crippen molar-refractivity contribution in [2.24, 2.45) is 10.8 Å². The SMILES string of the molecule is COC(=O)N[C@H](C(=O)N[C@@H](Cc1ccc(C#Cc2nc(N3CC4CCC(C3)N4C3COC3)nc(N3C[C@H]4CC[C@@H](C3)N4C3COC3)n2)cc1)[C@@H](O)CN(Cc1c(F)cc(-c2ccn(C(F)F)n2)cc1F)NC(=O)[C@@H](NC(=O)OC)C(C)(C)C(F)(F)F)C(C)(C)C(F)(F)F. The topological polar surface area (TPSA) is 246 Å². The first-order chi connectivity index (χ1) is 43.9. The second-order valence-electron chi connectivity index (χ2n) is 25.3. The molecule has 0 saturated carbocycles. The van der Waals surface area contributed by atoms with E-state index in [1.165, 1.54) is 12.1 Å². The van der Waals surface area contributed by atoms with Crippen molar-refractivity contribution < 1.29 is 87.1 Å². The van der Waals surface area contributed by atoms with E-state index in [9.17, 15) is 59.4 Å². The van der Waals surface area contributed by atoms with Gasteiger partial charge in [-0.25, -0.2) is 28.1 Å². The molecule has 4 aromatic rings. The largest absolute Gasteiger partial charge is 0.453 e. The number of halogens is 10. The number of methoxy groups -OCH3 is 2. The van der Waals surface area contributed by atoms with Gasteiger partial charge in [0.2, 0.25) is 23.6 Å². The zero-order valence-electron chi connectivity index (χ0n) is 51.5. The molecule has 6 saturated heterocycles. The van der Waals surface area contributed by atoms with Gasteiger partial charge in [-0.15, -0.1) is 0 Å². The Morgan fingerprint density at radius 2 is 1.15 bits per heavy atom. The summed E-state index contributed by atoms with van der Waals surface area (Å²) >= 11 is 0. The van der Waals surface area contributed by atoms with Crippen LogP contribution >= 0.6 is 0 Å². The van der Waals surface area contributed by atoms with Crippen molar-refractivity contribution in [1.29, 1.82) is 0 Å². The summed E-state index contributed by atoms with van der Waals surface area (Å²) in [7, 11) is 1.61. The zero-order valence-corrected chi connectivity index (χ0v) is 51.5. The third-order valence-electron chi connectivity index (χ3n) is 18.5. The van der Waals surface area contributed by atoms with Gasteiger partial charge < -0.3 is 49.8 Å². The predicted octanol–water partition coefficient (Wildman–Crippen LogP) is 5.46. The molecule has 2 unspecified atom stereocenters. The van der Waals surface area contributed by atoms with Crippen molar-refractivity contribution in [2.45, 2.75) is 146 Å². The predicted molar refractivity (Wildman–Crippen MR) is 311 cm³/mol. The van der Waals surface area contributed by atoms with Gasteiger partial charge in [0.05, 0.1) is 81.4 Å². The summed E-state index contributed by atoms with van der Waals surface area (Å²) in [6, 6.07) is 3.42. The molecule has 5 N–H and O–H groups in total. The molecule has 93 heavy (non-hydrogen) atoms. The molecule has 10 rings (SSSR count). The molecule has 506 valence electrons. The molecule has 33 heteroatoms. The second kappa shape index (κ2) is 27.4. The van der Waals surface area contributed by atoms with Crippen LogP contribution in [0.2, 0.25) is 0 Å². The van der Waals surface area contributed by atoms with Gasteiger partial charge in [0, 0.05) is 86.3 Å². The number of carbonyl (C=O) groups is 4.